The largest absolute Gasteiger partial charge is 0.159 e. The Hall–Kier alpha value is 0.120. The van der Waals surface area contributed by atoms with Gasteiger partial charge in [0, 0.05) is 6.42 Å². The highest BCUT2D eigenvalue weighted by Gasteiger charge is 2.36. The molecule has 0 spiro atoms. The molecule has 1 aromatic rings. The predicted molar refractivity (Wildman–Crippen MR) is 63.2 cm³/mol. The quantitative estimate of drug-likeness (QED) is 0.605. The molecule has 74 valence electrons. The molecule has 0 aliphatic heterocycles. The van der Waals surface area contributed by atoms with Crippen LogP contribution < -0.4 is 0 Å². The van der Waals surface area contributed by atoms with Gasteiger partial charge in [-0.3, -0.25) is 0 Å². The zero-order valence-corrected chi connectivity index (χ0v) is 10.1. The third-order valence-corrected chi connectivity index (χ3v) is 4.02. The van der Waals surface area contributed by atoms with Gasteiger partial charge < -0.3 is 0 Å². The van der Waals surface area contributed by atoms with Gasteiger partial charge >= 0.3 is 0 Å². The van der Waals surface area contributed by atoms with Crippen LogP contribution in [0.5, 0.6) is 0 Å². The van der Waals surface area contributed by atoms with Gasteiger partial charge in [-0.25, -0.2) is 0 Å². The Morgan fingerprint density at radius 1 is 1.07 bits per heavy atom. The van der Waals surface area contributed by atoms with Crippen LogP contribution in [0.1, 0.15) is 11.1 Å². The average molecular weight is 268 g/mol. The van der Waals surface area contributed by atoms with E-state index >= 15 is 0 Å². The van der Waals surface area contributed by atoms with Gasteiger partial charge in [-0.1, -0.05) is 70.7 Å². The lowest BCUT2D eigenvalue weighted by atomic mass is 9.96. The van der Waals surface area contributed by atoms with Gasteiger partial charge in [0.05, 0.1) is 10.1 Å². The van der Waals surface area contributed by atoms with Crippen LogP contribution in [0.25, 0.3) is 5.03 Å². The highest BCUT2D eigenvalue weighted by Crippen LogP contribution is 2.47. The van der Waals surface area contributed by atoms with Crippen molar-refractivity contribution in [2.75, 3.05) is 0 Å². The van der Waals surface area contributed by atoms with Gasteiger partial charge in [-0.2, -0.15) is 0 Å². The molecule has 0 saturated carbocycles. The molecular weight excluding hydrogens is 262 g/mol. The summed E-state index contributed by atoms with van der Waals surface area (Å²) in [5.41, 5.74) is 1.93. The Labute approximate surface area is 102 Å². The molecule has 0 atom stereocenters. The number of fused-ring (bicyclic) bond motifs is 1. The number of halogens is 4. The predicted octanol–water partition coefficient (Wildman–Crippen LogP) is 4.56. The molecule has 0 N–H and O–H groups in total. The van der Waals surface area contributed by atoms with E-state index in [0.717, 1.165) is 11.1 Å². The lowest BCUT2D eigenvalue weighted by Crippen LogP contribution is -2.22. The molecule has 14 heavy (non-hydrogen) atoms. The van der Waals surface area contributed by atoms with E-state index in [4.69, 9.17) is 46.4 Å². The van der Waals surface area contributed by atoms with Crippen LogP contribution in [0.2, 0.25) is 0 Å². The van der Waals surface area contributed by atoms with Crippen LogP contribution in [0.3, 0.4) is 0 Å². The summed E-state index contributed by atoms with van der Waals surface area (Å²) in [6, 6.07) is 7.68. The Morgan fingerprint density at radius 2 is 1.71 bits per heavy atom. The van der Waals surface area contributed by atoms with E-state index in [1.165, 1.54) is 0 Å². The van der Waals surface area contributed by atoms with Crippen molar-refractivity contribution in [1.29, 1.82) is 0 Å². The smallest absolute Gasteiger partial charge is 0.0949 e. The molecule has 0 unspecified atom stereocenters. The Balaban J connectivity index is 2.64. The Morgan fingerprint density at radius 3 is 2.43 bits per heavy atom. The molecule has 0 aromatic heterocycles. The molecule has 0 radical (unpaired) electrons. The maximum Gasteiger partial charge on any atom is 0.159 e. The van der Waals surface area contributed by atoms with E-state index in [9.17, 15) is 0 Å². The highest BCUT2D eigenvalue weighted by atomic mass is 35.5. The highest BCUT2D eigenvalue weighted by molar-refractivity contribution is 6.63. The number of hydrogen-bond donors (Lipinski definition) is 0. The molecule has 1 aromatic carbocycles. The number of benzene rings is 1. The molecule has 0 fully saturated rings. The lowest BCUT2D eigenvalue weighted by Gasteiger charge is -2.26. The molecular formula is C10H6Cl4. The van der Waals surface area contributed by atoms with Crippen LogP contribution in [0.15, 0.2) is 29.3 Å². The fraction of sp³-hybridized carbons (Fsp3) is 0.200. The molecule has 0 bridgehead atoms. The first-order chi connectivity index (χ1) is 6.52. The van der Waals surface area contributed by atoms with Gasteiger partial charge in [-0.05, 0) is 11.1 Å². The van der Waals surface area contributed by atoms with E-state index in [1.54, 1.807) is 0 Å². The van der Waals surface area contributed by atoms with Crippen LogP contribution in [-0.2, 0) is 6.42 Å². The molecule has 0 nitrogen and oxygen atoms in total. The van der Waals surface area contributed by atoms with Crippen molar-refractivity contribution in [1.82, 2.24) is 0 Å². The van der Waals surface area contributed by atoms with Gasteiger partial charge in [0.25, 0.3) is 0 Å². The molecule has 0 amide bonds. The minimum absolute atomic E-state index is 0.307. The van der Waals surface area contributed by atoms with Gasteiger partial charge in [-0.15, -0.1) is 0 Å². The van der Waals surface area contributed by atoms with Gasteiger partial charge in [0.2, 0.25) is 0 Å². The minimum Gasteiger partial charge on any atom is -0.0949 e. The molecule has 4 heteroatoms. The van der Waals surface area contributed by atoms with E-state index < -0.39 is 4.33 Å². The third-order valence-electron chi connectivity index (χ3n) is 2.18. The summed E-state index contributed by atoms with van der Waals surface area (Å²) >= 11 is 24.1. The van der Waals surface area contributed by atoms with Crippen molar-refractivity contribution in [2.45, 2.75) is 10.8 Å². The van der Waals surface area contributed by atoms with E-state index in [1.807, 2.05) is 24.3 Å². The molecule has 0 heterocycles. The van der Waals surface area contributed by atoms with Crippen molar-refractivity contribution in [3.8, 4) is 0 Å². The molecule has 1 aliphatic carbocycles. The van der Waals surface area contributed by atoms with Crippen molar-refractivity contribution in [2.24, 2.45) is 0 Å². The summed E-state index contributed by atoms with van der Waals surface area (Å²) in [5.74, 6) is 0. The summed E-state index contributed by atoms with van der Waals surface area (Å²) < 4.78 is -1.09. The summed E-state index contributed by atoms with van der Waals surface area (Å²) in [5, 5.41) is 0.750. The monoisotopic (exact) mass is 266 g/mol. The number of hydrogen-bond acceptors (Lipinski definition) is 0. The maximum atomic E-state index is 6.06. The van der Waals surface area contributed by atoms with Crippen LogP contribution in [0, 0.1) is 0 Å². The third kappa shape index (κ3) is 1.65. The zero-order chi connectivity index (χ0) is 10.3. The normalized spacial score (nSPS) is 19.4. The summed E-state index contributed by atoms with van der Waals surface area (Å²) in [6.45, 7) is 0. The lowest BCUT2D eigenvalue weighted by molar-refractivity contribution is 0.904. The molecule has 2 rings (SSSR count). The van der Waals surface area contributed by atoms with Gasteiger partial charge in [0.15, 0.2) is 4.33 Å². The molecule has 0 saturated heterocycles. The summed E-state index contributed by atoms with van der Waals surface area (Å²) in [4.78, 5) is 0. The van der Waals surface area contributed by atoms with Crippen LogP contribution in [-0.4, -0.2) is 4.33 Å². The van der Waals surface area contributed by atoms with Crippen molar-refractivity contribution < 1.29 is 0 Å². The fourth-order valence-electron chi connectivity index (χ4n) is 1.48. The van der Waals surface area contributed by atoms with Crippen molar-refractivity contribution in [3.05, 3.63) is 40.4 Å². The second-order valence-electron chi connectivity index (χ2n) is 3.17. The van der Waals surface area contributed by atoms with Crippen LogP contribution >= 0.6 is 46.4 Å². The van der Waals surface area contributed by atoms with E-state index in [2.05, 4.69) is 0 Å². The topological polar surface area (TPSA) is 0 Å². The van der Waals surface area contributed by atoms with Gasteiger partial charge in [0.1, 0.15) is 0 Å². The van der Waals surface area contributed by atoms with Crippen molar-refractivity contribution >= 4 is 51.4 Å². The zero-order valence-electron chi connectivity index (χ0n) is 7.03. The summed E-state index contributed by atoms with van der Waals surface area (Å²) in [6.07, 6.45) is 0.487. The van der Waals surface area contributed by atoms with E-state index in [0.29, 0.717) is 16.5 Å². The Kier molecular flexibility index (Phi) is 2.74. The minimum atomic E-state index is -1.09. The second kappa shape index (κ2) is 3.61. The number of rotatable bonds is 0. The number of alkyl halides is 2. The first kappa shape index (κ1) is 10.6. The molecule has 1 aliphatic rings. The average Bonchev–Trinajstić information content (AvgIpc) is 2.14. The first-order valence-corrected chi connectivity index (χ1v) is 5.55. The first-order valence-electron chi connectivity index (χ1n) is 4.04. The fourth-order valence-corrected chi connectivity index (χ4v) is 2.57. The Bertz CT molecular complexity index is 406. The standard InChI is InChI=1S/C10H6Cl4/c11-8-7-4-2-1-3-6(7)5-10(13,14)9(8)12/h1-4H,5H2. The SMILES string of the molecule is ClC1=C(Cl)C(Cl)(Cl)Cc2ccccc21. The second-order valence-corrected chi connectivity index (χ2v) is 5.41. The maximum absolute atomic E-state index is 6.06. The van der Waals surface area contributed by atoms with Crippen LogP contribution in [0.4, 0.5) is 0 Å². The van der Waals surface area contributed by atoms with Crippen molar-refractivity contribution in [3.63, 3.8) is 0 Å². The van der Waals surface area contributed by atoms with E-state index in [-0.39, 0.29) is 0 Å². The summed E-state index contributed by atoms with van der Waals surface area (Å²) in [7, 11) is 0. The number of allylic oxidation sites excluding steroid dienone is 1.